The average Bonchev–Trinajstić information content (AvgIpc) is 2.25. The van der Waals surface area contributed by atoms with Gasteiger partial charge in [0.2, 0.25) is 5.91 Å². The van der Waals surface area contributed by atoms with E-state index in [0.717, 1.165) is 26.1 Å². The molecule has 3 N–H and O–H groups in total. The van der Waals surface area contributed by atoms with Crippen LogP contribution in [0.1, 0.15) is 6.42 Å². The summed E-state index contributed by atoms with van der Waals surface area (Å²) in [6.45, 7) is 3.46. The molecular weight excluding hydrogens is 182 g/mol. The normalized spacial score (nSPS) is 23.4. The summed E-state index contributed by atoms with van der Waals surface area (Å²) in [5.41, 5.74) is 0. The first kappa shape index (κ1) is 11.4. The summed E-state index contributed by atoms with van der Waals surface area (Å²) >= 11 is 0. The van der Waals surface area contributed by atoms with Crippen LogP contribution in [-0.4, -0.2) is 61.8 Å². The molecule has 0 aromatic carbocycles. The summed E-state index contributed by atoms with van der Waals surface area (Å²) in [5.74, 6) is 0.0511. The van der Waals surface area contributed by atoms with Crippen LogP contribution in [0.25, 0.3) is 0 Å². The highest BCUT2D eigenvalue weighted by atomic mass is 16.3. The van der Waals surface area contributed by atoms with Gasteiger partial charge in [-0.15, -0.1) is 0 Å². The van der Waals surface area contributed by atoms with Gasteiger partial charge in [-0.3, -0.25) is 9.69 Å². The molecular formula is C9H19N3O2. The Balaban J connectivity index is 2.45. The molecule has 1 unspecified atom stereocenters. The monoisotopic (exact) mass is 201 g/mol. The van der Waals surface area contributed by atoms with Crippen molar-refractivity contribution in [2.24, 2.45) is 0 Å². The van der Waals surface area contributed by atoms with Crippen molar-refractivity contribution in [2.75, 3.05) is 39.8 Å². The number of aliphatic hydroxyl groups is 1. The summed E-state index contributed by atoms with van der Waals surface area (Å²) in [5, 5.41) is 14.6. The molecule has 0 aromatic rings. The van der Waals surface area contributed by atoms with Crippen molar-refractivity contribution in [3.63, 3.8) is 0 Å². The SMILES string of the molecule is CNC(=O)C1CNCCN1CCCO. The Morgan fingerprint density at radius 2 is 2.50 bits per heavy atom. The van der Waals surface area contributed by atoms with Crippen LogP contribution in [0.2, 0.25) is 0 Å². The Hall–Kier alpha value is -0.650. The molecule has 1 amide bonds. The number of likely N-dealkylation sites (N-methyl/N-ethyl adjacent to an activating group) is 1. The zero-order valence-corrected chi connectivity index (χ0v) is 8.62. The molecule has 82 valence electrons. The number of carbonyl (C=O) groups excluding carboxylic acids is 1. The highest BCUT2D eigenvalue weighted by Gasteiger charge is 2.26. The maximum atomic E-state index is 11.5. The fraction of sp³-hybridized carbons (Fsp3) is 0.889. The molecule has 5 heteroatoms. The van der Waals surface area contributed by atoms with Gasteiger partial charge in [-0.2, -0.15) is 0 Å². The van der Waals surface area contributed by atoms with Gasteiger partial charge in [0.05, 0.1) is 0 Å². The zero-order valence-electron chi connectivity index (χ0n) is 8.62. The van der Waals surface area contributed by atoms with Crippen LogP contribution in [0.3, 0.4) is 0 Å². The van der Waals surface area contributed by atoms with E-state index < -0.39 is 0 Å². The number of hydrogen-bond acceptors (Lipinski definition) is 4. The zero-order chi connectivity index (χ0) is 10.4. The molecule has 14 heavy (non-hydrogen) atoms. The van der Waals surface area contributed by atoms with Gasteiger partial charge in [-0.1, -0.05) is 0 Å². The van der Waals surface area contributed by atoms with Gasteiger partial charge in [0, 0.05) is 39.8 Å². The molecule has 5 nitrogen and oxygen atoms in total. The minimum atomic E-state index is -0.0831. The highest BCUT2D eigenvalue weighted by Crippen LogP contribution is 2.03. The van der Waals surface area contributed by atoms with Crippen molar-refractivity contribution >= 4 is 5.91 Å². The number of nitrogens with zero attached hydrogens (tertiary/aromatic N) is 1. The number of hydrogen-bond donors (Lipinski definition) is 3. The first-order chi connectivity index (χ1) is 6.79. The van der Waals surface area contributed by atoms with Crippen molar-refractivity contribution in [2.45, 2.75) is 12.5 Å². The molecule has 1 rings (SSSR count). The summed E-state index contributed by atoms with van der Waals surface area (Å²) in [6, 6.07) is -0.0831. The Morgan fingerprint density at radius 3 is 3.14 bits per heavy atom. The third kappa shape index (κ3) is 2.94. The molecule has 0 saturated carbocycles. The lowest BCUT2D eigenvalue weighted by Gasteiger charge is -2.34. The predicted molar refractivity (Wildman–Crippen MR) is 54.0 cm³/mol. The van der Waals surface area contributed by atoms with Crippen LogP contribution in [0, 0.1) is 0 Å². The van der Waals surface area contributed by atoms with E-state index in [9.17, 15) is 4.79 Å². The van der Waals surface area contributed by atoms with Crippen LogP contribution in [0.4, 0.5) is 0 Å². The topological polar surface area (TPSA) is 64.6 Å². The molecule has 1 heterocycles. The van der Waals surface area contributed by atoms with Crippen LogP contribution >= 0.6 is 0 Å². The lowest BCUT2D eigenvalue weighted by molar-refractivity contribution is -0.126. The molecule has 0 bridgehead atoms. The quantitative estimate of drug-likeness (QED) is 0.512. The van der Waals surface area contributed by atoms with E-state index in [-0.39, 0.29) is 18.6 Å². The van der Waals surface area contributed by atoms with E-state index in [2.05, 4.69) is 15.5 Å². The molecule has 1 atom stereocenters. The van der Waals surface area contributed by atoms with Crippen molar-refractivity contribution < 1.29 is 9.90 Å². The van der Waals surface area contributed by atoms with Crippen LogP contribution < -0.4 is 10.6 Å². The first-order valence-electron chi connectivity index (χ1n) is 5.07. The second-order valence-electron chi connectivity index (χ2n) is 3.45. The Morgan fingerprint density at radius 1 is 1.71 bits per heavy atom. The summed E-state index contributed by atoms with van der Waals surface area (Å²) in [4.78, 5) is 13.6. The smallest absolute Gasteiger partial charge is 0.238 e. The molecule has 0 spiro atoms. The summed E-state index contributed by atoms with van der Waals surface area (Å²) in [7, 11) is 1.65. The van der Waals surface area contributed by atoms with E-state index in [0.29, 0.717) is 6.54 Å². The van der Waals surface area contributed by atoms with Gasteiger partial charge >= 0.3 is 0 Å². The van der Waals surface area contributed by atoms with Crippen LogP contribution in [0.15, 0.2) is 0 Å². The fourth-order valence-corrected chi connectivity index (χ4v) is 1.71. The maximum absolute atomic E-state index is 11.5. The van der Waals surface area contributed by atoms with Crippen LogP contribution in [0.5, 0.6) is 0 Å². The molecule has 1 fully saturated rings. The lowest BCUT2D eigenvalue weighted by Crippen LogP contribution is -2.57. The van der Waals surface area contributed by atoms with Crippen molar-refractivity contribution in [1.82, 2.24) is 15.5 Å². The Bertz CT molecular complexity index is 187. The number of amides is 1. The molecule has 0 aliphatic carbocycles. The van der Waals surface area contributed by atoms with E-state index in [4.69, 9.17) is 5.11 Å². The van der Waals surface area contributed by atoms with E-state index >= 15 is 0 Å². The van der Waals surface area contributed by atoms with Gasteiger partial charge < -0.3 is 15.7 Å². The Kier molecular flexibility index (Phi) is 4.86. The summed E-state index contributed by atoms with van der Waals surface area (Å²) < 4.78 is 0. The van der Waals surface area contributed by atoms with E-state index in [1.54, 1.807) is 7.05 Å². The first-order valence-corrected chi connectivity index (χ1v) is 5.07. The lowest BCUT2D eigenvalue weighted by atomic mass is 10.1. The fourth-order valence-electron chi connectivity index (χ4n) is 1.71. The minimum Gasteiger partial charge on any atom is -0.396 e. The van der Waals surface area contributed by atoms with E-state index in [1.165, 1.54) is 0 Å². The van der Waals surface area contributed by atoms with E-state index in [1.807, 2.05) is 0 Å². The van der Waals surface area contributed by atoms with Gasteiger partial charge in [0.25, 0.3) is 0 Å². The van der Waals surface area contributed by atoms with Gasteiger partial charge in [-0.25, -0.2) is 0 Å². The number of nitrogens with one attached hydrogen (secondary N) is 2. The molecule has 1 aliphatic rings. The van der Waals surface area contributed by atoms with Crippen molar-refractivity contribution in [1.29, 1.82) is 0 Å². The van der Waals surface area contributed by atoms with Gasteiger partial charge in [0.1, 0.15) is 6.04 Å². The second-order valence-corrected chi connectivity index (χ2v) is 3.45. The minimum absolute atomic E-state index is 0.0511. The third-order valence-electron chi connectivity index (χ3n) is 2.51. The molecule has 1 saturated heterocycles. The number of rotatable bonds is 4. The maximum Gasteiger partial charge on any atom is 0.238 e. The largest absolute Gasteiger partial charge is 0.396 e. The molecule has 0 radical (unpaired) electrons. The molecule has 0 aromatic heterocycles. The summed E-state index contributed by atoms with van der Waals surface area (Å²) in [6.07, 6.45) is 0.730. The number of aliphatic hydroxyl groups excluding tert-OH is 1. The standard InChI is InChI=1S/C9H19N3O2/c1-10-9(14)8-7-11-3-5-12(8)4-2-6-13/h8,11,13H,2-7H2,1H3,(H,10,14). The van der Waals surface area contributed by atoms with Crippen LogP contribution in [-0.2, 0) is 4.79 Å². The van der Waals surface area contributed by atoms with Gasteiger partial charge in [0.15, 0.2) is 0 Å². The Labute approximate surface area is 84.5 Å². The van der Waals surface area contributed by atoms with Crippen molar-refractivity contribution in [3.8, 4) is 0 Å². The average molecular weight is 201 g/mol. The third-order valence-corrected chi connectivity index (χ3v) is 2.51. The van der Waals surface area contributed by atoms with Crippen molar-refractivity contribution in [3.05, 3.63) is 0 Å². The predicted octanol–water partition coefficient (Wildman–Crippen LogP) is -1.61. The number of piperazine rings is 1. The second kappa shape index (κ2) is 5.95. The number of carbonyl (C=O) groups is 1. The van der Waals surface area contributed by atoms with Gasteiger partial charge in [-0.05, 0) is 6.42 Å². The molecule has 1 aliphatic heterocycles. The highest BCUT2D eigenvalue weighted by molar-refractivity contribution is 5.81.